The lowest BCUT2D eigenvalue weighted by atomic mass is 10.2. The number of methoxy groups -OCH3 is 1. The van der Waals surface area contributed by atoms with E-state index in [2.05, 4.69) is 20.0 Å². The van der Waals surface area contributed by atoms with E-state index in [0.29, 0.717) is 27.9 Å². The lowest BCUT2D eigenvalue weighted by Gasteiger charge is -2.07. The van der Waals surface area contributed by atoms with Gasteiger partial charge in [-0.1, -0.05) is 23.9 Å². The van der Waals surface area contributed by atoms with E-state index >= 15 is 0 Å². The van der Waals surface area contributed by atoms with Gasteiger partial charge in [0.2, 0.25) is 5.91 Å². The van der Waals surface area contributed by atoms with E-state index in [-0.39, 0.29) is 23.7 Å². The van der Waals surface area contributed by atoms with Crippen molar-refractivity contribution < 1.29 is 18.7 Å². The fourth-order valence-corrected chi connectivity index (χ4v) is 3.40. The maximum Gasteiger partial charge on any atom is 0.337 e. The number of amides is 1. The number of hydrogen-bond acceptors (Lipinski definition) is 6. The smallest absolute Gasteiger partial charge is 0.337 e. The Morgan fingerprint density at radius 3 is 2.50 bits per heavy atom. The predicted octanol–water partition coefficient (Wildman–Crippen LogP) is 3.17. The second kappa shape index (κ2) is 9.84. The molecule has 1 amide bonds. The Bertz CT molecular complexity index is 1100. The fourth-order valence-electron chi connectivity index (χ4n) is 2.55. The third kappa shape index (κ3) is 6.02. The molecule has 30 heavy (non-hydrogen) atoms. The number of benzene rings is 2. The number of esters is 1. The van der Waals surface area contributed by atoms with Crippen LogP contribution in [0.25, 0.3) is 0 Å². The summed E-state index contributed by atoms with van der Waals surface area (Å²) < 4.78 is 17.6. The molecule has 0 unspecified atom stereocenters. The van der Waals surface area contributed by atoms with Gasteiger partial charge in [-0.3, -0.25) is 9.59 Å². The Balaban J connectivity index is 1.61. The molecule has 1 heterocycles. The Morgan fingerprint density at radius 1 is 1.13 bits per heavy atom. The first-order chi connectivity index (χ1) is 14.4. The van der Waals surface area contributed by atoms with E-state index in [1.54, 1.807) is 24.3 Å². The van der Waals surface area contributed by atoms with Gasteiger partial charge in [0, 0.05) is 17.5 Å². The maximum absolute atomic E-state index is 13.0. The van der Waals surface area contributed by atoms with Gasteiger partial charge in [-0.25, -0.2) is 14.2 Å². The number of ether oxygens (including phenoxy) is 1. The number of aromatic amines is 1. The summed E-state index contributed by atoms with van der Waals surface area (Å²) in [6, 6.07) is 13.6. The lowest BCUT2D eigenvalue weighted by Crippen LogP contribution is -2.18. The van der Waals surface area contributed by atoms with Crippen molar-refractivity contribution in [2.75, 3.05) is 12.4 Å². The number of H-pyrrole nitrogens is 1. The highest BCUT2D eigenvalue weighted by atomic mass is 32.2. The molecule has 0 aliphatic heterocycles. The van der Waals surface area contributed by atoms with Crippen LogP contribution >= 0.6 is 11.8 Å². The van der Waals surface area contributed by atoms with E-state index in [4.69, 9.17) is 0 Å². The number of anilines is 1. The van der Waals surface area contributed by atoms with Crippen LogP contribution in [0.3, 0.4) is 0 Å². The average Bonchev–Trinajstić information content (AvgIpc) is 2.73. The average molecular weight is 427 g/mol. The molecule has 3 aromatic rings. The molecule has 2 aromatic carbocycles. The molecule has 7 nitrogen and oxygen atoms in total. The van der Waals surface area contributed by atoms with Gasteiger partial charge in [0.1, 0.15) is 5.82 Å². The number of carbonyl (C=O) groups is 2. The molecular weight excluding hydrogens is 409 g/mol. The standard InChI is InChI=1S/C21H18FN3O4S/c1-29-20(28)14-4-8-16(9-5-14)23-18(26)10-17-11-19(27)25-21(24-17)30-12-13-2-6-15(22)7-3-13/h2-9,11H,10,12H2,1H3,(H,23,26)(H,24,25,27). The first-order valence-corrected chi connectivity index (χ1v) is 9.87. The second-order valence-corrected chi connectivity index (χ2v) is 7.21. The number of aromatic nitrogens is 2. The Labute approximate surface area is 175 Å². The van der Waals surface area contributed by atoms with Crippen LogP contribution in [0.5, 0.6) is 0 Å². The summed E-state index contributed by atoms with van der Waals surface area (Å²) in [5.74, 6) is -0.645. The molecule has 3 rings (SSSR count). The summed E-state index contributed by atoms with van der Waals surface area (Å²) in [5.41, 5.74) is 1.71. The highest BCUT2D eigenvalue weighted by molar-refractivity contribution is 7.98. The largest absolute Gasteiger partial charge is 0.465 e. The number of nitrogens with one attached hydrogen (secondary N) is 2. The number of halogens is 1. The number of nitrogens with zero attached hydrogens (tertiary/aromatic N) is 1. The SMILES string of the molecule is COC(=O)c1ccc(NC(=O)Cc2cc(=O)[nH]c(SCc3ccc(F)cc3)n2)cc1. The van der Waals surface area contributed by atoms with Crippen LogP contribution in [0.2, 0.25) is 0 Å². The van der Waals surface area contributed by atoms with E-state index < -0.39 is 5.97 Å². The summed E-state index contributed by atoms with van der Waals surface area (Å²) in [7, 11) is 1.29. The van der Waals surface area contributed by atoms with Crippen LogP contribution in [-0.2, 0) is 21.7 Å². The number of thioether (sulfide) groups is 1. The molecular formula is C21H18FN3O4S. The maximum atomic E-state index is 13.0. The Hall–Kier alpha value is -3.46. The molecule has 0 radical (unpaired) electrons. The van der Waals surface area contributed by atoms with Crippen molar-refractivity contribution in [3.63, 3.8) is 0 Å². The van der Waals surface area contributed by atoms with E-state index in [9.17, 15) is 18.8 Å². The minimum atomic E-state index is -0.466. The van der Waals surface area contributed by atoms with Gasteiger partial charge in [-0.2, -0.15) is 0 Å². The van der Waals surface area contributed by atoms with E-state index in [1.807, 2.05) is 0 Å². The third-order valence-electron chi connectivity index (χ3n) is 3.99. The molecule has 0 saturated heterocycles. The van der Waals surface area contributed by atoms with Gasteiger partial charge in [0.15, 0.2) is 5.16 Å². The van der Waals surface area contributed by atoms with Gasteiger partial charge >= 0.3 is 5.97 Å². The zero-order chi connectivity index (χ0) is 21.5. The number of carbonyl (C=O) groups excluding carboxylic acids is 2. The molecule has 0 aliphatic carbocycles. The zero-order valence-electron chi connectivity index (χ0n) is 16.0. The van der Waals surface area contributed by atoms with Gasteiger partial charge < -0.3 is 15.0 Å². The van der Waals surface area contributed by atoms with Crippen molar-refractivity contribution in [3.05, 3.63) is 87.6 Å². The Morgan fingerprint density at radius 2 is 1.83 bits per heavy atom. The quantitative estimate of drug-likeness (QED) is 0.341. The van der Waals surface area contributed by atoms with Crippen LogP contribution < -0.4 is 10.9 Å². The topological polar surface area (TPSA) is 101 Å². The van der Waals surface area contributed by atoms with Gasteiger partial charge in [0.05, 0.1) is 24.8 Å². The monoisotopic (exact) mass is 427 g/mol. The molecule has 0 spiro atoms. The van der Waals surface area contributed by atoms with Crippen molar-refractivity contribution in [1.82, 2.24) is 9.97 Å². The van der Waals surface area contributed by atoms with Crippen LogP contribution in [0, 0.1) is 5.82 Å². The van der Waals surface area contributed by atoms with E-state index in [0.717, 1.165) is 5.56 Å². The summed E-state index contributed by atoms with van der Waals surface area (Å²) in [5, 5.41) is 3.06. The van der Waals surface area contributed by atoms with Crippen molar-refractivity contribution in [2.45, 2.75) is 17.3 Å². The van der Waals surface area contributed by atoms with Crippen molar-refractivity contribution in [2.24, 2.45) is 0 Å². The summed E-state index contributed by atoms with van der Waals surface area (Å²) in [6.07, 6.45) is -0.0905. The van der Waals surface area contributed by atoms with E-state index in [1.165, 1.54) is 49.2 Å². The normalized spacial score (nSPS) is 10.5. The van der Waals surface area contributed by atoms with Crippen LogP contribution in [0.4, 0.5) is 10.1 Å². The fraction of sp³-hybridized carbons (Fsp3) is 0.143. The molecule has 2 N–H and O–H groups in total. The highest BCUT2D eigenvalue weighted by Crippen LogP contribution is 2.19. The minimum Gasteiger partial charge on any atom is -0.465 e. The molecule has 9 heteroatoms. The first kappa shape index (κ1) is 21.3. The van der Waals surface area contributed by atoms with Crippen molar-refractivity contribution in [3.8, 4) is 0 Å². The molecule has 0 fully saturated rings. The number of rotatable bonds is 7. The number of hydrogen-bond donors (Lipinski definition) is 2. The highest BCUT2D eigenvalue weighted by Gasteiger charge is 2.10. The van der Waals surface area contributed by atoms with Gasteiger partial charge in [-0.15, -0.1) is 0 Å². The van der Waals surface area contributed by atoms with Crippen molar-refractivity contribution >= 4 is 29.3 Å². The lowest BCUT2D eigenvalue weighted by molar-refractivity contribution is -0.115. The predicted molar refractivity (Wildman–Crippen MR) is 111 cm³/mol. The van der Waals surface area contributed by atoms with Crippen LogP contribution in [0.15, 0.2) is 64.5 Å². The van der Waals surface area contributed by atoms with Gasteiger partial charge in [-0.05, 0) is 42.0 Å². The Kier molecular flexibility index (Phi) is 6.97. The second-order valence-electron chi connectivity index (χ2n) is 6.25. The van der Waals surface area contributed by atoms with Crippen LogP contribution in [-0.4, -0.2) is 29.0 Å². The first-order valence-electron chi connectivity index (χ1n) is 8.88. The molecule has 0 bridgehead atoms. The molecule has 0 saturated carbocycles. The summed E-state index contributed by atoms with van der Waals surface area (Å²) >= 11 is 1.28. The molecule has 154 valence electrons. The zero-order valence-corrected chi connectivity index (χ0v) is 16.8. The third-order valence-corrected chi connectivity index (χ3v) is 4.94. The summed E-state index contributed by atoms with van der Waals surface area (Å²) in [6.45, 7) is 0. The molecule has 1 aromatic heterocycles. The molecule has 0 atom stereocenters. The summed E-state index contributed by atoms with van der Waals surface area (Å²) in [4.78, 5) is 42.6. The van der Waals surface area contributed by atoms with Gasteiger partial charge in [0.25, 0.3) is 5.56 Å². The molecule has 0 aliphatic rings. The van der Waals surface area contributed by atoms with Crippen LogP contribution in [0.1, 0.15) is 21.6 Å². The van der Waals surface area contributed by atoms with Crippen molar-refractivity contribution in [1.29, 1.82) is 0 Å². The minimum absolute atomic E-state index is 0.0905.